The molecule has 0 spiro atoms. The summed E-state index contributed by atoms with van der Waals surface area (Å²) in [5.41, 5.74) is 4.11. The Bertz CT molecular complexity index is 605. The quantitative estimate of drug-likeness (QED) is 0.630. The molecule has 0 saturated heterocycles. The molecule has 0 unspecified atom stereocenters. The molecule has 20 heavy (non-hydrogen) atoms. The Morgan fingerprint density at radius 2 is 2.05 bits per heavy atom. The van der Waals surface area contributed by atoms with E-state index in [0.717, 1.165) is 32.1 Å². The van der Waals surface area contributed by atoms with Gasteiger partial charge in [0.25, 0.3) is 0 Å². The summed E-state index contributed by atoms with van der Waals surface area (Å²) in [6.45, 7) is 2.17. The molecule has 2 heteroatoms. The molecule has 4 rings (SSSR count). The molecule has 4 aliphatic carbocycles. The number of carbonyl (C=O) groups excluding carboxylic acids is 2. The smallest absolute Gasteiger partial charge is 0.159 e. The summed E-state index contributed by atoms with van der Waals surface area (Å²) in [5.74, 6) is 1.63. The number of rotatable bonds is 0. The first-order chi connectivity index (χ1) is 9.59. The molecule has 2 nitrogen and oxygen atoms in total. The van der Waals surface area contributed by atoms with Crippen LogP contribution < -0.4 is 0 Å². The van der Waals surface area contributed by atoms with Crippen LogP contribution in [0.2, 0.25) is 0 Å². The van der Waals surface area contributed by atoms with Gasteiger partial charge in [0, 0.05) is 24.2 Å². The van der Waals surface area contributed by atoms with E-state index in [-0.39, 0.29) is 11.2 Å². The van der Waals surface area contributed by atoms with Crippen molar-refractivity contribution in [2.24, 2.45) is 17.3 Å². The van der Waals surface area contributed by atoms with Crippen LogP contribution in [0.4, 0.5) is 0 Å². The Hall–Kier alpha value is -1.44. The number of fused-ring (bicyclic) bond motifs is 4. The largest absolute Gasteiger partial charge is 0.299 e. The highest BCUT2D eigenvalue weighted by Gasteiger charge is 2.52. The van der Waals surface area contributed by atoms with E-state index in [2.05, 4.69) is 19.1 Å². The molecule has 104 valence electrons. The van der Waals surface area contributed by atoms with Crippen molar-refractivity contribution in [2.75, 3.05) is 0 Å². The molecule has 2 fully saturated rings. The van der Waals surface area contributed by atoms with E-state index >= 15 is 0 Å². The summed E-state index contributed by atoms with van der Waals surface area (Å²) in [5, 5.41) is 0. The van der Waals surface area contributed by atoms with Gasteiger partial charge in [-0.15, -0.1) is 0 Å². The van der Waals surface area contributed by atoms with Crippen molar-refractivity contribution < 1.29 is 9.59 Å². The van der Waals surface area contributed by atoms with Crippen LogP contribution in [0.25, 0.3) is 0 Å². The van der Waals surface area contributed by atoms with Crippen molar-refractivity contribution >= 4 is 11.6 Å². The van der Waals surface area contributed by atoms with E-state index in [1.807, 2.05) is 0 Å². The second-order valence-electron chi connectivity index (χ2n) is 6.97. The normalized spacial score (nSPS) is 39.4. The zero-order chi connectivity index (χ0) is 13.9. The maximum absolute atomic E-state index is 12.2. The summed E-state index contributed by atoms with van der Waals surface area (Å²) >= 11 is 0. The third-order valence-corrected chi connectivity index (χ3v) is 6.03. The monoisotopic (exact) mass is 268 g/mol. The third-order valence-electron chi connectivity index (χ3n) is 6.03. The Morgan fingerprint density at radius 3 is 2.90 bits per heavy atom. The molecule has 0 aromatic carbocycles. The average molecular weight is 268 g/mol. The van der Waals surface area contributed by atoms with Crippen molar-refractivity contribution in [1.29, 1.82) is 0 Å². The first kappa shape index (κ1) is 12.3. The standard InChI is InChI=1S/C18H20O2/c1-18-9-8-14-13-5-3-12(19)10-11(13)2-4-15(14)16(18)6-7-17(18)20/h3-5,14,16H,2,6-10H2,1H3/t14-,16+,18+/m1/s1. The van der Waals surface area contributed by atoms with Crippen LogP contribution in [0.15, 0.2) is 34.9 Å². The molecule has 0 radical (unpaired) electrons. The van der Waals surface area contributed by atoms with Gasteiger partial charge in [-0.3, -0.25) is 9.59 Å². The Morgan fingerprint density at radius 1 is 1.20 bits per heavy atom. The van der Waals surface area contributed by atoms with Crippen molar-refractivity contribution in [3.05, 3.63) is 34.9 Å². The molecule has 0 aromatic rings. The van der Waals surface area contributed by atoms with Crippen LogP contribution in [0, 0.1) is 17.3 Å². The lowest BCUT2D eigenvalue weighted by molar-refractivity contribution is -0.127. The zero-order valence-corrected chi connectivity index (χ0v) is 11.9. The fourth-order valence-corrected chi connectivity index (χ4v) is 4.86. The Kier molecular flexibility index (Phi) is 2.48. The average Bonchev–Trinajstić information content (AvgIpc) is 2.74. The van der Waals surface area contributed by atoms with Gasteiger partial charge in [-0.05, 0) is 43.3 Å². The molecular weight excluding hydrogens is 248 g/mol. The SMILES string of the molecule is C[C@]12CC[C@H]3C(=CCC4=C3C=CC(=O)C4)[C@@H]1CCC2=O. The molecule has 2 saturated carbocycles. The van der Waals surface area contributed by atoms with Gasteiger partial charge in [-0.25, -0.2) is 0 Å². The highest BCUT2D eigenvalue weighted by Crippen LogP contribution is 2.57. The zero-order valence-electron chi connectivity index (χ0n) is 11.9. The number of carbonyl (C=O) groups is 2. The van der Waals surface area contributed by atoms with E-state index < -0.39 is 0 Å². The summed E-state index contributed by atoms with van der Waals surface area (Å²) in [6, 6.07) is 0. The van der Waals surface area contributed by atoms with E-state index in [9.17, 15) is 9.59 Å². The van der Waals surface area contributed by atoms with E-state index in [1.54, 1.807) is 6.08 Å². The lowest BCUT2D eigenvalue weighted by Crippen LogP contribution is -2.38. The van der Waals surface area contributed by atoms with Crippen molar-refractivity contribution in [3.8, 4) is 0 Å². The lowest BCUT2D eigenvalue weighted by Gasteiger charge is -2.44. The van der Waals surface area contributed by atoms with Crippen LogP contribution in [0.1, 0.15) is 45.4 Å². The summed E-state index contributed by atoms with van der Waals surface area (Å²) < 4.78 is 0. The maximum atomic E-state index is 12.2. The molecule has 0 aliphatic heterocycles. The minimum atomic E-state index is -0.103. The topological polar surface area (TPSA) is 34.1 Å². The van der Waals surface area contributed by atoms with E-state index in [1.165, 1.54) is 16.7 Å². The predicted octanol–water partition coefficient (Wildman–Crippen LogP) is 3.54. The van der Waals surface area contributed by atoms with Crippen LogP contribution >= 0.6 is 0 Å². The van der Waals surface area contributed by atoms with Gasteiger partial charge < -0.3 is 0 Å². The second-order valence-corrected chi connectivity index (χ2v) is 6.97. The van der Waals surface area contributed by atoms with Gasteiger partial charge in [0.1, 0.15) is 5.78 Å². The van der Waals surface area contributed by atoms with Crippen LogP contribution in [-0.2, 0) is 9.59 Å². The van der Waals surface area contributed by atoms with Gasteiger partial charge in [-0.2, -0.15) is 0 Å². The molecule has 0 heterocycles. The number of hydrogen-bond acceptors (Lipinski definition) is 2. The second kappa shape index (κ2) is 4.03. The van der Waals surface area contributed by atoms with Crippen molar-refractivity contribution in [3.63, 3.8) is 0 Å². The Labute approximate surface area is 119 Å². The summed E-state index contributed by atoms with van der Waals surface area (Å²) in [6.07, 6.45) is 11.5. The van der Waals surface area contributed by atoms with Gasteiger partial charge in [0.15, 0.2) is 5.78 Å². The van der Waals surface area contributed by atoms with Crippen molar-refractivity contribution in [2.45, 2.75) is 45.4 Å². The first-order valence-corrected chi connectivity index (χ1v) is 7.75. The molecule has 0 aromatic heterocycles. The Balaban J connectivity index is 1.72. The fraction of sp³-hybridized carbons (Fsp3) is 0.556. The van der Waals surface area contributed by atoms with Crippen molar-refractivity contribution in [1.82, 2.24) is 0 Å². The van der Waals surface area contributed by atoms with Gasteiger partial charge in [0.05, 0.1) is 0 Å². The predicted molar refractivity (Wildman–Crippen MR) is 77.1 cm³/mol. The number of hydrogen-bond donors (Lipinski definition) is 0. The van der Waals surface area contributed by atoms with Crippen LogP contribution in [-0.4, -0.2) is 11.6 Å². The van der Waals surface area contributed by atoms with E-state index in [0.29, 0.717) is 24.0 Å². The maximum Gasteiger partial charge on any atom is 0.159 e. The van der Waals surface area contributed by atoms with Gasteiger partial charge in [0.2, 0.25) is 0 Å². The van der Waals surface area contributed by atoms with Crippen LogP contribution in [0.3, 0.4) is 0 Å². The third kappa shape index (κ3) is 1.51. The molecular formula is C18H20O2. The summed E-state index contributed by atoms with van der Waals surface area (Å²) in [7, 11) is 0. The molecule has 0 N–H and O–H groups in total. The molecule has 0 bridgehead atoms. The minimum Gasteiger partial charge on any atom is -0.299 e. The fourth-order valence-electron chi connectivity index (χ4n) is 4.86. The first-order valence-electron chi connectivity index (χ1n) is 7.75. The van der Waals surface area contributed by atoms with E-state index in [4.69, 9.17) is 0 Å². The molecule has 3 atom stereocenters. The highest BCUT2D eigenvalue weighted by atomic mass is 16.1. The van der Waals surface area contributed by atoms with Gasteiger partial charge in [-0.1, -0.05) is 30.2 Å². The lowest BCUT2D eigenvalue weighted by atomic mass is 9.59. The number of allylic oxidation sites excluding steroid dienone is 6. The highest BCUT2D eigenvalue weighted by molar-refractivity contribution is 5.94. The minimum absolute atomic E-state index is 0.103. The molecule has 4 aliphatic rings. The molecule has 0 amide bonds. The van der Waals surface area contributed by atoms with Crippen LogP contribution in [0.5, 0.6) is 0 Å². The summed E-state index contributed by atoms with van der Waals surface area (Å²) in [4.78, 5) is 23.8. The number of ketones is 2. The number of Topliss-reactive ketones (excluding diaryl/α,β-unsaturated/α-hetero) is 1. The van der Waals surface area contributed by atoms with Gasteiger partial charge >= 0.3 is 0 Å².